The molecule has 0 aromatic carbocycles. The topological polar surface area (TPSA) is 15.8 Å². The summed E-state index contributed by atoms with van der Waals surface area (Å²) >= 11 is 0.200. The van der Waals surface area contributed by atoms with E-state index in [1.54, 1.807) is 9.74 Å². The zero-order valence-corrected chi connectivity index (χ0v) is 13.0. The summed E-state index contributed by atoms with van der Waals surface area (Å²) in [6.07, 6.45) is 5.81. The summed E-state index contributed by atoms with van der Waals surface area (Å²) in [5.74, 6) is 0. The zero-order valence-electron chi connectivity index (χ0n) is 11.3. The van der Waals surface area contributed by atoms with Crippen LogP contribution in [0.1, 0.15) is 38.6 Å². The van der Waals surface area contributed by atoms with Gasteiger partial charge < -0.3 is 0 Å². The summed E-state index contributed by atoms with van der Waals surface area (Å²) in [7, 11) is 0. The summed E-state index contributed by atoms with van der Waals surface area (Å²) in [5, 5.41) is 0. The van der Waals surface area contributed by atoms with Gasteiger partial charge in [0.2, 0.25) is 0 Å². The number of aromatic nitrogens is 1. The summed E-state index contributed by atoms with van der Waals surface area (Å²) in [6, 6.07) is 2.32. The third-order valence-corrected chi connectivity index (χ3v) is 5.66. The molecular weight excluding hydrogens is 295 g/mol. The van der Waals surface area contributed by atoms with Gasteiger partial charge in [0.1, 0.15) is 0 Å². The van der Waals surface area contributed by atoms with Crippen molar-refractivity contribution in [1.82, 2.24) is 4.98 Å². The summed E-state index contributed by atoms with van der Waals surface area (Å²) in [6.45, 7) is 11.3. The van der Waals surface area contributed by atoms with Gasteiger partial charge in [-0.15, -0.1) is 0 Å². The molecule has 0 atom stereocenters. The van der Waals surface area contributed by atoms with Gasteiger partial charge in [-0.25, -0.2) is 0 Å². The number of H-pyrrole nitrogens is 1. The van der Waals surface area contributed by atoms with E-state index in [-0.39, 0.29) is 22.5 Å². The molecule has 0 amide bonds. The average Bonchev–Trinajstić information content (AvgIpc) is 2.74. The summed E-state index contributed by atoms with van der Waals surface area (Å²) < 4.78 is 3.21. The molecule has 0 spiro atoms. The number of nitrogens with one attached hydrogen (secondary N) is 1. The van der Waals surface area contributed by atoms with Gasteiger partial charge in [-0.2, -0.15) is 0 Å². The first-order chi connectivity index (χ1) is 7.88. The fourth-order valence-corrected chi connectivity index (χ4v) is 5.01. The summed E-state index contributed by atoms with van der Waals surface area (Å²) in [5.41, 5.74) is 4.49. The third kappa shape index (κ3) is 2.80. The second-order valence-corrected chi connectivity index (χ2v) is 8.08. The van der Waals surface area contributed by atoms with E-state index in [9.17, 15) is 0 Å². The predicted octanol–water partition coefficient (Wildman–Crippen LogP) is 3.60. The number of allylic oxidation sites excluding steroid dienone is 4. The number of aromatic amines is 1. The van der Waals surface area contributed by atoms with E-state index < -0.39 is 0 Å². The van der Waals surface area contributed by atoms with Gasteiger partial charge in [0, 0.05) is 0 Å². The van der Waals surface area contributed by atoms with Crippen molar-refractivity contribution >= 4 is 4.16 Å². The molecule has 0 fully saturated rings. The second-order valence-electron chi connectivity index (χ2n) is 5.66. The van der Waals surface area contributed by atoms with Crippen LogP contribution in [0, 0.1) is 19.3 Å². The molecule has 1 heterocycles. The molecule has 1 nitrogen and oxygen atoms in total. The van der Waals surface area contributed by atoms with Crippen LogP contribution in [0.4, 0.5) is 0 Å². The normalized spacial score (nSPS) is 16.3. The van der Waals surface area contributed by atoms with E-state index in [1.165, 1.54) is 15.5 Å². The first-order valence-electron chi connectivity index (χ1n) is 6.06. The van der Waals surface area contributed by atoms with Crippen molar-refractivity contribution in [1.29, 1.82) is 0 Å². The molecule has 1 aromatic rings. The summed E-state index contributed by atoms with van der Waals surface area (Å²) in [4.78, 5) is 3.41. The Kier molecular flexibility index (Phi) is 3.45. The fraction of sp³-hybridized carbons (Fsp3) is 0.467. The molecule has 0 radical (unpaired) electrons. The Labute approximate surface area is 112 Å². The van der Waals surface area contributed by atoms with E-state index in [4.69, 9.17) is 0 Å². The molecule has 0 unspecified atom stereocenters. The Morgan fingerprint density at radius 1 is 1.24 bits per heavy atom. The molecule has 1 aliphatic carbocycles. The van der Waals surface area contributed by atoms with Crippen molar-refractivity contribution in [3.8, 4) is 0 Å². The van der Waals surface area contributed by atoms with Crippen LogP contribution in [0.5, 0.6) is 0 Å². The Hall–Kier alpha value is -0.617. The van der Waals surface area contributed by atoms with Gasteiger partial charge in [0.15, 0.2) is 0 Å². The van der Waals surface area contributed by atoms with E-state index in [2.05, 4.69) is 57.8 Å². The molecule has 1 N–H and O–H groups in total. The third-order valence-electron chi connectivity index (χ3n) is 2.95. The van der Waals surface area contributed by atoms with Crippen molar-refractivity contribution < 1.29 is 17.1 Å². The fourth-order valence-electron chi connectivity index (χ4n) is 2.10. The second kappa shape index (κ2) is 4.57. The molecule has 1 aromatic heterocycles. The molecule has 0 aliphatic heterocycles. The van der Waals surface area contributed by atoms with Gasteiger partial charge in [-0.1, -0.05) is 0 Å². The molecule has 0 saturated carbocycles. The van der Waals surface area contributed by atoms with Crippen LogP contribution in [0.2, 0.25) is 0 Å². The maximum absolute atomic E-state index is 3.41. The Bertz CT molecular complexity index is 484. The van der Waals surface area contributed by atoms with Crippen LogP contribution in [0.15, 0.2) is 28.0 Å². The molecule has 1 aliphatic rings. The van der Waals surface area contributed by atoms with E-state index in [0.29, 0.717) is 0 Å². The van der Waals surface area contributed by atoms with Gasteiger partial charge in [-0.3, -0.25) is 0 Å². The predicted molar refractivity (Wildman–Crippen MR) is 70.1 cm³/mol. The number of hydrogen-bond donors (Lipinski definition) is 1. The van der Waals surface area contributed by atoms with Crippen LogP contribution >= 0.6 is 0 Å². The average molecular weight is 316 g/mol. The van der Waals surface area contributed by atoms with Crippen molar-refractivity contribution in [3.05, 3.63) is 39.3 Å². The van der Waals surface area contributed by atoms with Gasteiger partial charge in [0.25, 0.3) is 0 Å². The standard InChI is InChI=1S/C9H13.C6H8N.Ru/c1-9(2,3)8-6-4-5-7-8;1-5-3-4-6(2)7-5;/h4,6H,5H2,1-3H3;3,7H,1-2H3;. The molecule has 17 heavy (non-hydrogen) atoms. The quantitative estimate of drug-likeness (QED) is 0.803. The van der Waals surface area contributed by atoms with Crippen molar-refractivity contribution in [3.63, 3.8) is 0 Å². The first kappa shape index (κ1) is 12.8. The van der Waals surface area contributed by atoms with Crippen LogP contribution in [0.25, 0.3) is 0 Å². The van der Waals surface area contributed by atoms with Crippen LogP contribution < -0.4 is 4.16 Å². The molecule has 2 rings (SSSR count). The van der Waals surface area contributed by atoms with Gasteiger partial charge >= 0.3 is 112 Å². The van der Waals surface area contributed by atoms with Crippen LogP contribution in [-0.2, 0) is 17.1 Å². The van der Waals surface area contributed by atoms with E-state index in [0.717, 1.165) is 6.42 Å². The maximum atomic E-state index is 3.41. The van der Waals surface area contributed by atoms with Crippen LogP contribution in [-0.4, -0.2) is 4.98 Å². The van der Waals surface area contributed by atoms with Crippen molar-refractivity contribution in [2.45, 2.75) is 41.0 Å². The molecule has 94 valence electrons. The van der Waals surface area contributed by atoms with E-state index >= 15 is 0 Å². The Balaban J connectivity index is 2.28. The van der Waals surface area contributed by atoms with Crippen molar-refractivity contribution in [2.24, 2.45) is 5.41 Å². The van der Waals surface area contributed by atoms with Gasteiger partial charge in [0.05, 0.1) is 0 Å². The minimum absolute atomic E-state index is 0.200. The molecule has 0 bridgehead atoms. The van der Waals surface area contributed by atoms with Crippen LogP contribution in [0.3, 0.4) is 0 Å². The number of hydrogen-bond acceptors (Lipinski definition) is 0. The minimum atomic E-state index is 0.200. The molecular formula is C15H21NRu. The Morgan fingerprint density at radius 2 is 1.94 bits per heavy atom. The van der Waals surface area contributed by atoms with Gasteiger partial charge in [-0.05, 0) is 0 Å². The monoisotopic (exact) mass is 317 g/mol. The molecule has 0 saturated heterocycles. The SMILES string of the molecule is Cc1c[c]([Ru][C]2=C(C(C)(C)C)C=CC2)c(C)[nH]1. The first-order valence-corrected chi connectivity index (χ1v) is 7.80. The zero-order chi connectivity index (χ0) is 12.6. The Morgan fingerprint density at radius 3 is 2.47 bits per heavy atom. The van der Waals surface area contributed by atoms with Crippen molar-refractivity contribution in [2.75, 3.05) is 0 Å². The number of rotatable bonds is 2. The molecule has 2 heteroatoms. The van der Waals surface area contributed by atoms with E-state index in [1.807, 2.05) is 0 Å². The number of aryl methyl sites for hydroxylation is 2.